The molecule has 2 N–H and O–H groups in total. The lowest BCUT2D eigenvalue weighted by Gasteiger charge is -2.22. The van der Waals surface area contributed by atoms with Crippen LogP contribution in [0.4, 0.5) is 4.39 Å². The first kappa shape index (κ1) is 22.0. The Bertz CT molecular complexity index is 920. The highest BCUT2D eigenvalue weighted by atomic mass is 32.2. The number of carboxylic acids is 1. The fourth-order valence-electron chi connectivity index (χ4n) is 3.30. The molecular formula is C22H23FN2O4S. The first-order valence-corrected chi connectivity index (χ1v) is 10.6. The number of halogens is 1. The fourth-order valence-corrected chi connectivity index (χ4v) is 4.13. The maximum Gasteiger partial charge on any atom is 0.354 e. The Morgan fingerprint density at radius 3 is 2.80 bits per heavy atom. The first-order valence-electron chi connectivity index (χ1n) is 9.66. The van der Waals surface area contributed by atoms with E-state index in [-0.39, 0.29) is 23.5 Å². The number of benzene rings is 1. The van der Waals surface area contributed by atoms with Gasteiger partial charge in [0, 0.05) is 25.1 Å². The molecule has 0 unspecified atom stereocenters. The minimum absolute atomic E-state index is 0.00630. The molecule has 6 nitrogen and oxygen atoms in total. The van der Waals surface area contributed by atoms with E-state index in [0.29, 0.717) is 36.6 Å². The molecule has 0 bridgehead atoms. The van der Waals surface area contributed by atoms with Crippen molar-refractivity contribution in [2.24, 2.45) is 0 Å². The topological polar surface area (TPSA) is 90.7 Å². The highest BCUT2D eigenvalue weighted by Crippen LogP contribution is 2.23. The smallest absolute Gasteiger partial charge is 0.354 e. The molecule has 0 saturated carbocycles. The maximum absolute atomic E-state index is 13.0. The second kappa shape index (κ2) is 10.4. The molecule has 1 saturated heterocycles. The highest BCUT2D eigenvalue weighted by molar-refractivity contribution is 7.99. The number of thioether (sulfide) groups is 1. The van der Waals surface area contributed by atoms with E-state index < -0.39 is 12.1 Å². The number of rotatable bonds is 9. The number of aromatic nitrogens is 1. The lowest BCUT2D eigenvalue weighted by atomic mass is 10.1. The third-order valence-electron chi connectivity index (χ3n) is 4.81. The normalized spacial score (nSPS) is 17.6. The minimum atomic E-state index is -1.07. The van der Waals surface area contributed by atoms with Crippen molar-refractivity contribution in [3.8, 4) is 0 Å². The van der Waals surface area contributed by atoms with Crippen LogP contribution in [0.2, 0.25) is 0 Å². The maximum atomic E-state index is 13.0. The van der Waals surface area contributed by atoms with Crippen molar-refractivity contribution < 1.29 is 24.2 Å². The molecule has 0 spiro atoms. The second-order valence-electron chi connectivity index (χ2n) is 6.99. The Labute approximate surface area is 178 Å². The number of aromatic carboxylic acids is 1. The molecule has 2 aromatic rings. The predicted octanol–water partition coefficient (Wildman–Crippen LogP) is 3.16. The van der Waals surface area contributed by atoms with E-state index in [1.54, 1.807) is 35.2 Å². The third kappa shape index (κ3) is 6.14. The lowest BCUT2D eigenvalue weighted by Crippen LogP contribution is -2.34. The SMILES string of the molecule is O=C(O)c1cccc(SCCN2C(=O)CC[C@@H]2C=C[C@@H](O)Cc2ccc(F)cc2)n1. The van der Waals surface area contributed by atoms with Crippen molar-refractivity contribution in [3.05, 3.63) is 71.7 Å². The van der Waals surface area contributed by atoms with E-state index in [0.717, 1.165) is 5.56 Å². The van der Waals surface area contributed by atoms with Gasteiger partial charge in [0.1, 0.15) is 11.5 Å². The van der Waals surface area contributed by atoms with Gasteiger partial charge in [-0.15, -0.1) is 11.8 Å². The van der Waals surface area contributed by atoms with Gasteiger partial charge in [0.25, 0.3) is 0 Å². The molecule has 1 amide bonds. The number of likely N-dealkylation sites (tertiary alicyclic amines) is 1. The molecule has 1 aliphatic heterocycles. The van der Waals surface area contributed by atoms with Gasteiger partial charge in [-0.1, -0.05) is 30.4 Å². The van der Waals surface area contributed by atoms with Crippen molar-refractivity contribution in [2.75, 3.05) is 12.3 Å². The zero-order valence-electron chi connectivity index (χ0n) is 16.3. The molecule has 1 aromatic heterocycles. The van der Waals surface area contributed by atoms with Crippen molar-refractivity contribution >= 4 is 23.6 Å². The van der Waals surface area contributed by atoms with Gasteiger partial charge in [-0.3, -0.25) is 4.79 Å². The van der Waals surface area contributed by atoms with Crippen LogP contribution in [-0.2, 0) is 11.2 Å². The summed E-state index contributed by atoms with van der Waals surface area (Å²) in [6.07, 6.45) is 4.35. The summed E-state index contributed by atoms with van der Waals surface area (Å²) in [6, 6.07) is 10.8. The van der Waals surface area contributed by atoms with Crippen LogP contribution in [-0.4, -0.2) is 56.4 Å². The van der Waals surface area contributed by atoms with Gasteiger partial charge < -0.3 is 15.1 Å². The van der Waals surface area contributed by atoms with E-state index >= 15 is 0 Å². The van der Waals surface area contributed by atoms with Crippen molar-refractivity contribution in [1.29, 1.82) is 0 Å². The Balaban J connectivity index is 1.52. The zero-order chi connectivity index (χ0) is 21.5. The molecule has 3 rings (SSSR count). The van der Waals surface area contributed by atoms with Gasteiger partial charge in [-0.05, 0) is 36.2 Å². The monoisotopic (exact) mass is 430 g/mol. The summed E-state index contributed by atoms with van der Waals surface area (Å²) >= 11 is 1.40. The summed E-state index contributed by atoms with van der Waals surface area (Å²) in [7, 11) is 0. The number of carbonyl (C=O) groups is 2. The number of amides is 1. The molecule has 1 aromatic carbocycles. The number of nitrogens with zero attached hydrogens (tertiary/aromatic N) is 2. The molecule has 0 radical (unpaired) electrons. The Morgan fingerprint density at radius 1 is 1.30 bits per heavy atom. The number of hydrogen-bond donors (Lipinski definition) is 2. The van der Waals surface area contributed by atoms with E-state index in [1.807, 2.05) is 6.08 Å². The van der Waals surface area contributed by atoms with Crippen LogP contribution >= 0.6 is 11.8 Å². The predicted molar refractivity (Wildman–Crippen MR) is 112 cm³/mol. The molecule has 8 heteroatoms. The van der Waals surface area contributed by atoms with E-state index in [1.165, 1.54) is 30.0 Å². The third-order valence-corrected chi connectivity index (χ3v) is 5.72. The molecule has 2 atom stereocenters. The Kier molecular flexibility index (Phi) is 7.59. The molecule has 30 heavy (non-hydrogen) atoms. The summed E-state index contributed by atoms with van der Waals surface area (Å²) in [5.41, 5.74) is 0.827. The minimum Gasteiger partial charge on any atom is -0.477 e. The van der Waals surface area contributed by atoms with Gasteiger partial charge in [0.2, 0.25) is 5.91 Å². The first-order chi connectivity index (χ1) is 14.4. The summed E-state index contributed by atoms with van der Waals surface area (Å²) < 4.78 is 13.0. The van der Waals surface area contributed by atoms with E-state index in [9.17, 15) is 19.1 Å². The summed E-state index contributed by atoms with van der Waals surface area (Å²) in [5.74, 6) is -0.738. The number of aliphatic hydroxyl groups is 1. The molecule has 2 heterocycles. The Morgan fingerprint density at radius 2 is 2.07 bits per heavy atom. The molecule has 0 aliphatic carbocycles. The number of pyridine rings is 1. The number of carbonyl (C=O) groups excluding carboxylic acids is 1. The van der Waals surface area contributed by atoms with Crippen molar-refractivity contribution in [3.63, 3.8) is 0 Å². The number of carboxylic acid groups (broad SMARTS) is 1. The van der Waals surface area contributed by atoms with Crippen molar-refractivity contribution in [1.82, 2.24) is 9.88 Å². The highest BCUT2D eigenvalue weighted by Gasteiger charge is 2.28. The van der Waals surface area contributed by atoms with Gasteiger partial charge >= 0.3 is 5.97 Å². The zero-order valence-corrected chi connectivity index (χ0v) is 17.1. The average Bonchev–Trinajstić information content (AvgIpc) is 3.08. The lowest BCUT2D eigenvalue weighted by molar-refractivity contribution is -0.128. The van der Waals surface area contributed by atoms with Crippen LogP contribution < -0.4 is 0 Å². The van der Waals surface area contributed by atoms with Crippen LogP contribution in [0.5, 0.6) is 0 Å². The van der Waals surface area contributed by atoms with Gasteiger partial charge in [-0.25, -0.2) is 14.2 Å². The van der Waals surface area contributed by atoms with Gasteiger partial charge in [0.05, 0.1) is 17.2 Å². The molecule has 1 aliphatic rings. The van der Waals surface area contributed by atoms with Crippen LogP contribution in [0.25, 0.3) is 0 Å². The number of hydrogen-bond acceptors (Lipinski definition) is 5. The summed E-state index contributed by atoms with van der Waals surface area (Å²) in [6.45, 7) is 0.505. The quantitative estimate of drug-likeness (QED) is 0.469. The average molecular weight is 431 g/mol. The van der Waals surface area contributed by atoms with Crippen LogP contribution in [0.15, 0.2) is 59.6 Å². The van der Waals surface area contributed by atoms with Gasteiger partial charge in [0.15, 0.2) is 0 Å². The van der Waals surface area contributed by atoms with Crippen molar-refractivity contribution in [2.45, 2.75) is 36.4 Å². The van der Waals surface area contributed by atoms with Gasteiger partial charge in [-0.2, -0.15) is 0 Å². The van der Waals surface area contributed by atoms with Crippen LogP contribution in [0, 0.1) is 5.82 Å². The molecule has 158 valence electrons. The summed E-state index contributed by atoms with van der Waals surface area (Å²) in [4.78, 5) is 29.1. The second-order valence-corrected chi connectivity index (χ2v) is 8.11. The Hall–Kier alpha value is -2.71. The van der Waals surface area contributed by atoms with Crippen LogP contribution in [0.3, 0.4) is 0 Å². The number of aliphatic hydroxyl groups excluding tert-OH is 1. The summed E-state index contributed by atoms with van der Waals surface area (Å²) in [5, 5.41) is 19.9. The van der Waals surface area contributed by atoms with E-state index in [4.69, 9.17) is 5.11 Å². The largest absolute Gasteiger partial charge is 0.477 e. The fraction of sp³-hybridized carbons (Fsp3) is 0.318. The molecular weight excluding hydrogens is 407 g/mol. The van der Waals surface area contributed by atoms with E-state index in [2.05, 4.69) is 4.98 Å². The molecule has 1 fully saturated rings. The standard InChI is InChI=1S/C22H23FN2O4S/c23-16-6-4-15(5-7-16)14-18(26)10-8-17-9-11-21(27)25(17)12-13-30-20-3-1-2-19(24-20)22(28)29/h1-8,10,17-18,26H,9,11-14H2,(H,28,29)/t17-,18+/m0/s1. The van der Waals surface area contributed by atoms with Crippen LogP contribution in [0.1, 0.15) is 28.9 Å².